The van der Waals surface area contributed by atoms with Gasteiger partial charge in [0.1, 0.15) is 0 Å². The fourth-order valence-electron chi connectivity index (χ4n) is 1.91. The van der Waals surface area contributed by atoms with Gasteiger partial charge in [-0.2, -0.15) is 0 Å². The van der Waals surface area contributed by atoms with Crippen LogP contribution in [0.5, 0.6) is 0 Å². The lowest BCUT2D eigenvalue weighted by molar-refractivity contribution is -0.115. The number of amides is 1. The molecule has 0 aromatic heterocycles. The average molecular weight is 288 g/mol. The minimum Gasteiger partial charge on any atom is -0.325 e. The first-order valence-electron chi connectivity index (χ1n) is 6.21. The monoisotopic (exact) mass is 287 g/mol. The number of carbonyl (C=O) groups is 2. The summed E-state index contributed by atoms with van der Waals surface area (Å²) in [5.74, 6) is -0.287. The minimum atomic E-state index is -0.202. The Morgan fingerprint density at radius 2 is 1.70 bits per heavy atom. The second-order valence-corrected chi connectivity index (χ2v) is 4.83. The summed E-state index contributed by atoms with van der Waals surface area (Å²) in [7, 11) is 0. The summed E-state index contributed by atoms with van der Waals surface area (Å²) in [4.78, 5) is 23.5. The zero-order valence-electron chi connectivity index (χ0n) is 11.0. The molecule has 2 rings (SSSR count). The van der Waals surface area contributed by atoms with Crippen molar-refractivity contribution in [3.05, 3.63) is 64.7 Å². The predicted molar refractivity (Wildman–Crippen MR) is 80.2 cm³/mol. The molecule has 0 aliphatic heterocycles. The summed E-state index contributed by atoms with van der Waals surface area (Å²) in [5.41, 5.74) is 1.78. The quantitative estimate of drug-likeness (QED) is 0.871. The first-order valence-corrected chi connectivity index (χ1v) is 6.59. The van der Waals surface area contributed by atoms with Crippen molar-refractivity contribution >= 4 is 29.0 Å². The van der Waals surface area contributed by atoms with E-state index in [0.717, 1.165) is 5.56 Å². The number of benzene rings is 2. The summed E-state index contributed by atoms with van der Waals surface area (Å²) >= 11 is 6.02. The highest BCUT2D eigenvalue weighted by Crippen LogP contribution is 2.18. The molecule has 2 aromatic rings. The van der Waals surface area contributed by atoms with Gasteiger partial charge >= 0.3 is 0 Å². The molecular weight excluding hydrogens is 274 g/mol. The Bertz CT molecular complexity index is 652. The smallest absolute Gasteiger partial charge is 0.228 e. The highest BCUT2D eigenvalue weighted by molar-refractivity contribution is 6.31. The fourth-order valence-corrected chi connectivity index (χ4v) is 2.11. The lowest BCUT2D eigenvalue weighted by Gasteiger charge is -2.09. The molecule has 1 N–H and O–H groups in total. The van der Waals surface area contributed by atoms with Crippen LogP contribution in [0.2, 0.25) is 5.02 Å². The number of para-hydroxylation sites is 1. The third kappa shape index (κ3) is 3.45. The number of halogens is 1. The number of hydrogen-bond donors (Lipinski definition) is 1. The maximum absolute atomic E-state index is 12.0. The van der Waals surface area contributed by atoms with Crippen molar-refractivity contribution in [1.82, 2.24) is 0 Å². The first-order chi connectivity index (χ1) is 9.58. The van der Waals surface area contributed by atoms with Crippen LogP contribution in [0.4, 0.5) is 5.69 Å². The predicted octanol–water partition coefficient (Wildman–Crippen LogP) is 3.72. The molecular formula is C16H14ClNO2. The molecule has 0 heterocycles. The lowest BCUT2D eigenvalue weighted by atomic mass is 10.1. The SMILES string of the molecule is CC(=O)c1ccccc1NC(=O)Cc1ccccc1Cl. The Labute approximate surface area is 122 Å². The first kappa shape index (κ1) is 14.3. The second-order valence-electron chi connectivity index (χ2n) is 4.42. The molecule has 0 spiro atoms. The molecule has 0 radical (unpaired) electrons. The molecule has 0 saturated heterocycles. The van der Waals surface area contributed by atoms with Crippen molar-refractivity contribution in [3.63, 3.8) is 0 Å². The Morgan fingerprint density at radius 1 is 1.05 bits per heavy atom. The van der Waals surface area contributed by atoms with E-state index in [-0.39, 0.29) is 18.1 Å². The van der Waals surface area contributed by atoms with E-state index in [2.05, 4.69) is 5.32 Å². The Hall–Kier alpha value is -2.13. The van der Waals surface area contributed by atoms with E-state index >= 15 is 0 Å². The molecule has 0 saturated carbocycles. The highest BCUT2D eigenvalue weighted by atomic mass is 35.5. The van der Waals surface area contributed by atoms with E-state index in [4.69, 9.17) is 11.6 Å². The molecule has 4 heteroatoms. The van der Waals surface area contributed by atoms with E-state index < -0.39 is 0 Å². The van der Waals surface area contributed by atoms with Crippen LogP contribution in [0.25, 0.3) is 0 Å². The third-order valence-electron chi connectivity index (χ3n) is 2.89. The number of rotatable bonds is 4. The maximum Gasteiger partial charge on any atom is 0.228 e. The van der Waals surface area contributed by atoms with Crippen LogP contribution in [0.1, 0.15) is 22.8 Å². The topological polar surface area (TPSA) is 46.2 Å². The number of carbonyl (C=O) groups excluding carboxylic acids is 2. The third-order valence-corrected chi connectivity index (χ3v) is 3.26. The van der Waals surface area contributed by atoms with E-state index in [9.17, 15) is 9.59 Å². The van der Waals surface area contributed by atoms with Crippen LogP contribution in [-0.4, -0.2) is 11.7 Å². The van der Waals surface area contributed by atoms with Gasteiger partial charge in [-0.25, -0.2) is 0 Å². The highest BCUT2D eigenvalue weighted by Gasteiger charge is 2.11. The Balaban J connectivity index is 2.13. The van der Waals surface area contributed by atoms with Gasteiger partial charge in [0.15, 0.2) is 5.78 Å². The van der Waals surface area contributed by atoms with Gasteiger partial charge in [-0.3, -0.25) is 9.59 Å². The summed E-state index contributed by atoms with van der Waals surface area (Å²) in [5, 5.41) is 3.31. The zero-order chi connectivity index (χ0) is 14.5. The van der Waals surface area contributed by atoms with Gasteiger partial charge in [0.2, 0.25) is 5.91 Å². The summed E-state index contributed by atoms with van der Waals surface area (Å²) in [6.07, 6.45) is 0.173. The molecule has 0 unspecified atom stereocenters. The van der Waals surface area contributed by atoms with Crippen LogP contribution in [-0.2, 0) is 11.2 Å². The Morgan fingerprint density at radius 3 is 2.40 bits per heavy atom. The van der Waals surface area contributed by atoms with Gasteiger partial charge in [0.25, 0.3) is 0 Å². The molecule has 1 amide bonds. The minimum absolute atomic E-state index is 0.0846. The number of nitrogens with one attached hydrogen (secondary N) is 1. The number of Topliss-reactive ketones (excluding diaryl/α,β-unsaturated/α-hetero) is 1. The van der Waals surface area contributed by atoms with Crippen molar-refractivity contribution < 1.29 is 9.59 Å². The van der Waals surface area contributed by atoms with E-state index in [0.29, 0.717) is 16.3 Å². The van der Waals surface area contributed by atoms with Gasteiger partial charge in [0.05, 0.1) is 12.1 Å². The molecule has 2 aromatic carbocycles. The van der Waals surface area contributed by atoms with Gasteiger partial charge in [-0.15, -0.1) is 0 Å². The van der Waals surface area contributed by atoms with Crippen LogP contribution in [0.3, 0.4) is 0 Å². The van der Waals surface area contributed by atoms with Crippen molar-refractivity contribution in [2.75, 3.05) is 5.32 Å². The zero-order valence-corrected chi connectivity index (χ0v) is 11.8. The number of anilines is 1. The largest absolute Gasteiger partial charge is 0.325 e. The van der Waals surface area contributed by atoms with Crippen molar-refractivity contribution in [2.24, 2.45) is 0 Å². The van der Waals surface area contributed by atoms with Crippen LogP contribution in [0, 0.1) is 0 Å². The van der Waals surface area contributed by atoms with E-state index in [1.807, 2.05) is 12.1 Å². The van der Waals surface area contributed by atoms with Gasteiger partial charge < -0.3 is 5.32 Å². The molecule has 102 valence electrons. The summed E-state index contributed by atoms with van der Waals surface area (Å²) < 4.78 is 0. The van der Waals surface area contributed by atoms with Crippen LogP contribution >= 0.6 is 11.6 Å². The molecule has 0 aliphatic rings. The maximum atomic E-state index is 12.0. The Kier molecular flexibility index (Phi) is 4.53. The molecule has 0 atom stereocenters. The van der Waals surface area contributed by atoms with Crippen molar-refractivity contribution in [2.45, 2.75) is 13.3 Å². The standard InChI is InChI=1S/C16H14ClNO2/c1-11(19)13-7-3-5-9-15(13)18-16(20)10-12-6-2-4-8-14(12)17/h2-9H,10H2,1H3,(H,18,20). The van der Waals surface area contributed by atoms with Crippen molar-refractivity contribution in [3.8, 4) is 0 Å². The number of ketones is 1. The summed E-state index contributed by atoms with van der Waals surface area (Å²) in [6, 6.07) is 14.1. The normalized spacial score (nSPS) is 10.1. The number of hydrogen-bond acceptors (Lipinski definition) is 2. The second kappa shape index (κ2) is 6.35. The molecule has 0 aliphatic carbocycles. The van der Waals surface area contributed by atoms with Crippen LogP contribution < -0.4 is 5.32 Å². The summed E-state index contributed by atoms with van der Waals surface area (Å²) in [6.45, 7) is 1.47. The fraction of sp³-hybridized carbons (Fsp3) is 0.125. The average Bonchev–Trinajstić information content (AvgIpc) is 2.41. The molecule has 20 heavy (non-hydrogen) atoms. The van der Waals surface area contributed by atoms with Crippen LogP contribution in [0.15, 0.2) is 48.5 Å². The molecule has 0 fully saturated rings. The van der Waals surface area contributed by atoms with Gasteiger partial charge in [-0.05, 0) is 30.7 Å². The molecule has 0 bridgehead atoms. The van der Waals surface area contributed by atoms with Crippen molar-refractivity contribution in [1.29, 1.82) is 0 Å². The van der Waals surface area contributed by atoms with Gasteiger partial charge in [0, 0.05) is 10.6 Å². The van der Waals surface area contributed by atoms with Gasteiger partial charge in [-0.1, -0.05) is 41.9 Å². The van der Waals surface area contributed by atoms with E-state index in [1.165, 1.54) is 6.92 Å². The lowest BCUT2D eigenvalue weighted by Crippen LogP contribution is -2.16. The van der Waals surface area contributed by atoms with E-state index in [1.54, 1.807) is 36.4 Å². The molecule has 3 nitrogen and oxygen atoms in total.